The zero-order chi connectivity index (χ0) is 10.1. The Kier molecular flexibility index (Phi) is 2.22. The Morgan fingerprint density at radius 2 is 2.53 bits per heavy atom. The van der Waals surface area contributed by atoms with Gasteiger partial charge in [0.1, 0.15) is 5.00 Å². The van der Waals surface area contributed by atoms with Gasteiger partial charge in [0.25, 0.3) is 0 Å². The zero-order valence-electron chi connectivity index (χ0n) is 8.13. The standard InChI is InChI=1S/C9H11N5S/c1-3-7(10-5-1)9-11-13-14(12-9)8-4-2-6-15-8/h2,4,6-7,10H,1,3,5H2. The van der Waals surface area contributed by atoms with Crippen LogP contribution in [0.3, 0.4) is 0 Å². The summed E-state index contributed by atoms with van der Waals surface area (Å²) in [5.41, 5.74) is 0. The molecule has 1 fully saturated rings. The highest BCUT2D eigenvalue weighted by molar-refractivity contribution is 7.12. The van der Waals surface area contributed by atoms with Gasteiger partial charge in [-0.05, 0) is 42.1 Å². The molecule has 0 saturated carbocycles. The van der Waals surface area contributed by atoms with Crippen molar-refractivity contribution in [3.63, 3.8) is 0 Å². The monoisotopic (exact) mass is 221 g/mol. The van der Waals surface area contributed by atoms with E-state index in [0.29, 0.717) is 6.04 Å². The van der Waals surface area contributed by atoms with Crippen LogP contribution in [0, 0.1) is 0 Å². The van der Waals surface area contributed by atoms with Crippen molar-refractivity contribution < 1.29 is 0 Å². The van der Waals surface area contributed by atoms with E-state index in [0.717, 1.165) is 23.8 Å². The molecule has 2 aromatic rings. The normalized spacial score (nSPS) is 20.9. The van der Waals surface area contributed by atoms with Crippen molar-refractivity contribution >= 4 is 11.3 Å². The van der Waals surface area contributed by atoms with Crippen LogP contribution in [0.4, 0.5) is 0 Å². The van der Waals surface area contributed by atoms with Gasteiger partial charge in [-0.1, -0.05) is 0 Å². The first-order valence-corrected chi connectivity index (χ1v) is 5.88. The second-order valence-electron chi connectivity index (χ2n) is 3.54. The smallest absolute Gasteiger partial charge is 0.192 e. The van der Waals surface area contributed by atoms with Gasteiger partial charge in [-0.3, -0.25) is 0 Å². The van der Waals surface area contributed by atoms with Crippen LogP contribution < -0.4 is 5.32 Å². The predicted molar refractivity (Wildman–Crippen MR) is 57.0 cm³/mol. The highest BCUT2D eigenvalue weighted by Gasteiger charge is 2.21. The lowest BCUT2D eigenvalue weighted by molar-refractivity contribution is 0.602. The number of hydrogen-bond donors (Lipinski definition) is 1. The molecule has 15 heavy (non-hydrogen) atoms. The SMILES string of the molecule is c1csc(-n2nnc(C3CCCN3)n2)c1. The molecular formula is C9H11N5S. The van der Waals surface area contributed by atoms with Crippen molar-refractivity contribution in [1.82, 2.24) is 25.5 Å². The van der Waals surface area contributed by atoms with Crippen LogP contribution in [0.1, 0.15) is 24.7 Å². The average molecular weight is 221 g/mol. The number of tetrazole rings is 1. The summed E-state index contributed by atoms with van der Waals surface area (Å²) in [6, 6.07) is 4.26. The lowest BCUT2D eigenvalue weighted by Crippen LogP contribution is -2.14. The Morgan fingerprint density at radius 1 is 1.53 bits per heavy atom. The molecule has 5 nitrogen and oxygen atoms in total. The highest BCUT2D eigenvalue weighted by Crippen LogP contribution is 2.20. The summed E-state index contributed by atoms with van der Waals surface area (Å²) < 4.78 is 0. The molecule has 0 amide bonds. The Morgan fingerprint density at radius 3 is 3.27 bits per heavy atom. The van der Waals surface area contributed by atoms with E-state index in [2.05, 4.69) is 20.7 Å². The topological polar surface area (TPSA) is 55.6 Å². The van der Waals surface area contributed by atoms with E-state index in [-0.39, 0.29) is 0 Å². The van der Waals surface area contributed by atoms with Crippen LogP contribution in [0.25, 0.3) is 5.00 Å². The van der Waals surface area contributed by atoms with Crippen LogP contribution >= 0.6 is 11.3 Å². The van der Waals surface area contributed by atoms with Gasteiger partial charge in [0.05, 0.1) is 6.04 Å². The minimum Gasteiger partial charge on any atom is -0.307 e. The third kappa shape index (κ3) is 1.66. The summed E-state index contributed by atoms with van der Waals surface area (Å²) in [7, 11) is 0. The summed E-state index contributed by atoms with van der Waals surface area (Å²) in [5, 5.41) is 18.9. The Bertz CT molecular complexity index is 429. The van der Waals surface area contributed by atoms with Crippen molar-refractivity contribution in [2.45, 2.75) is 18.9 Å². The molecular weight excluding hydrogens is 210 g/mol. The van der Waals surface area contributed by atoms with Gasteiger partial charge in [-0.25, -0.2) is 0 Å². The largest absolute Gasteiger partial charge is 0.307 e. The van der Waals surface area contributed by atoms with E-state index in [4.69, 9.17) is 0 Å². The van der Waals surface area contributed by atoms with Gasteiger partial charge in [0.2, 0.25) is 0 Å². The van der Waals surface area contributed by atoms with Crippen LogP contribution in [0.2, 0.25) is 0 Å². The molecule has 1 aliphatic rings. The first kappa shape index (κ1) is 8.99. The van der Waals surface area contributed by atoms with Crippen molar-refractivity contribution in [1.29, 1.82) is 0 Å². The molecule has 0 spiro atoms. The number of nitrogens with one attached hydrogen (secondary N) is 1. The number of rotatable bonds is 2. The van der Waals surface area contributed by atoms with Crippen LogP contribution in [-0.4, -0.2) is 26.8 Å². The van der Waals surface area contributed by atoms with Crippen LogP contribution in [0.15, 0.2) is 17.5 Å². The number of thiophene rings is 1. The Hall–Kier alpha value is -1.27. The summed E-state index contributed by atoms with van der Waals surface area (Å²) >= 11 is 1.61. The van der Waals surface area contributed by atoms with Crippen molar-refractivity contribution in [2.75, 3.05) is 6.54 Å². The van der Waals surface area contributed by atoms with E-state index in [1.165, 1.54) is 6.42 Å². The van der Waals surface area contributed by atoms with Gasteiger partial charge in [-0.15, -0.1) is 26.3 Å². The molecule has 1 atom stereocenters. The molecule has 1 unspecified atom stereocenters. The maximum Gasteiger partial charge on any atom is 0.192 e. The average Bonchev–Trinajstić information content (AvgIpc) is 3.02. The number of hydrogen-bond acceptors (Lipinski definition) is 5. The maximum atomic E-state index is 4.38. The number of nitrogens with zero attached hydrogens (tertiary/aromatic N) is 4. The predicted octanol–water partition coefficient (Wildman–Crippen LogP) is 1.15. The summed E-state index contributed by atoms with van der Waals surface area (Å²) in [6.45, 7) is 1.05. The quantitative estimate of drug-likeness (QED) is 0.826. The van der Waals surface area contributed by atoms with Crippen molar-refractivity contribution in [3.05, 3.63) is 23.3 Å². The molecule has 2 aromatic heterocycles. The Labute approximate surface area is 91.1 Å². The minimum atomic E-state index is 0.290. The first-order chi connectivity index (χ1) is 7.43. The second kappa shape index (κ2) is 3.71. The van der Waals surface area contributed by atoms with Crippen molar-refractivity contribution in [3.8, 4) is 5.00 Å². The molecule has 0 radical (unpaired) electrons. The summed E-state index contributed by atoms with van der Waals surface area (Å²) in [5.74, 6) is 0.806. The fourth-order valence-corrected chi connectivity index (χ4v) is 2.37. The van der Waals surface area contributed by atoms with Crippen LogP contribution in [0.5, 0.6) is 0 Å². The molecule has 1 aliphatic heterocycles. The zero-order valence-corrected chi connectivity index (χ0v) is 8.94. The van der Waals surface area contributed by atoms with Gasteiger partial charge in [-0.2, -0.15) is 0 Å². The lowest BCUT2D eigenvalue weighted by atomic mass is 10.2. The second-order valence-corrected chi connectivity index (χ2v) is 4.46. The fourth-order valence-electron chi connectivity index (χ4n) is 1.75. The molecule has 0 bridgehead atoms. The molecule has 78 valence electrons. The van der Waals surface area contributed by atoms with Gasteiger partial charge >= 0.3 is 0 Å². The van der Waals surface area contributed by atoms with Gasteiger partial charge in [0.15, 0.2) is 5.82 Å². The van der Waals surface area contributed by atoms with E-state index >= 15 is 0 Å². The van der Waals surface area contributed by atoms with E-state index in [1.807, 2.05) is 17.5 Å². The Balaban J connectivity index is 1.87. The van der Waals surface area contributed by atoms with Crippen LogP contribution in [-0.2, 0) is 0 Å². The van der Waals surface area contributed by atoms with E-state index in [1.54, 1.807) is 16.1 Å². The minimum absolute atomic E-state index is 0.290. The third-order valence-electron chi connectivity index (χ3n) is 2.50. The molecule has 0 aliphatic carbocycles. The summed E-state index contributed by atoms with van der Waals surface area (Å²) in [6.07, 6.45) is 2.30. The molecule has 3 rings (SSSR count). The fraction of sp³-hybridized carbons (Fsp3) is 0.444. The molecule has 0 aromatic carbocycles. The molecule has 1 N–H and O–H groups in total. The molecule has 1 saturated heterocycles. The lowest BCUT2D eigenvalue weighted by Gasteiger charge is -2.01. The third-order valence-corrected chi connectivity index (χ3v) is 3.34. The number of aromatic nitrogens is 4. The van der Waals surface area contributed by atoms with E-state index in [9.17, 15) is 0 Å². The molecule has 3 heterocycles. The molecule has 6 heteroatoms. The highest BCUT2D eigenvalue weighted by atomic mass is 32.1. The van der Waals surface area contributed by atoms with Gasteiger partial charge in [0, 0.05) is 0 Å². The van der Waals surface area contributed by atoms with Crippen molar-refractivity contribution in [2.24, 2.45) is 0 Å². The van der Waals surface area contributed by atoms with Gasteiger partial charge < -0.3 is 5.32 Å². The maximum absolute atomic E-state index is 4.38. The first-order valence-electron chi connectivity index (χ1n) is 5.01. The summed E-state index contributed by atoms with van der Waals surface area (Å²) in [4.78, 5) is 1.60. The van der Waals surface area contributed by atoms with E-state index < -0.39 is 0 Å².